The smallest absolute Gasteiger partial charge is 0.264 e. The molecule has 0 bridgehead atoms. The number of benzene rings is 4. The Balaban J connectivity index is 1.78. The molecule has 0 heterocycles. The Morgan fingerprint density at radius 3 is 1.93 bits per heavy atom. The van der Waals surface area contributed by atoms with Gasteiger partial charge in [0.1, 0.15) is 12.6 Å². The number of nitrogens with one attached hydrogen (secondary N) is 1. The largest absolute Gasteiger partial charge is 0.354 e. The summed E-state index contributed by atoms with van der Waals surface area (Å²) in [4.78, 5) is 29.8. The Kier molecular flexibility index (Phi) is 11.3. The van der Waals surface area contributed by atoms with Gasteiger partial charge in [-0.05, 0) is 60.7 Å². The van der Waals surface area contributed by atoms with Crippen LogP contribution in [0.4, 0.5) is 5.69 Å². The minimum atomic E-state index is -4.11. The number of amides is 2. The fourth-order valence-electron chi connectivity index (χ4n) is 4.96. The number of nitrogens with zero attached hydrogens (tertiary/aromatic N) is 2. The molecule has 4 aromatic carbocycles. The Bertz CT molecular complexity index is 1610. The molecule has 230 valence electrons. The maximum Gasteiger partial charge on any atom is 0.264 e. The van der Waals surface area contributed by atoms with Gasteiger partial charge in [-0.3, -0.25) is 13.9 Å². The predicted octanol–water partition coefficient (Wildman–Crippen LogP) is 5.92. The van der Waals surface area contributed by atoms with E-state index in [0.717, 1.165) is 39.4 Å². The van der Waals surface area contributed by atoms with E-state index in [4.69, 9.17) is 0 Å². The summed E-state index contributed by atoms with van der Waals surface area (Å²) in [5.74, 6) is -0.752. The van der Waals surface area contributed by atoms with Gasteiger partial charge in [0.15, 0.2) is 0 Å². The topological polar surface area (TPSA) is 86.8 Å². The molecule has 0 unspecified atom stereocenters. The van der Waals surface area contributed by atoms with Crippen LogP contribution in [0.2, 0.25) is 0 Å². The molecule has 0 saturated heterocycles. The maximum absolute atomic E-state index is 14.4. The molecule has 1 N–H and O–H groups in total. The molecule has 8 heteroatoms. The molecule has 0 fully saturated rings. The molecule has 0 aliphatic rings. The summed E-state index contributed by atoms with van der Waals surface area (Å²) in [7, 11) is -4.11. The number of hydrogen-bond acceptors (Lipinski definition) is 4. The molecule has 4 aromatic rings. The summed E-state index contributed by atoms with van der Waals surface area (Å²) in [6.07, 6.45) is 1.82. The highest BCUT2D eigenvalue weighted by Crippen LogP contribution is 2.25. The molecule has 2 amide bonds. The van der Waals surface area contributed by atoms with Crippen molar-refractivity contribution in [3.05, 3.63) is 131 Å². The third kappa shape index (κ3) is 8.35. The first-order valence-corrected chi connectivity index (χ1v) is 16.5. The molecule has 0 saturated carbocycles. The highest BCUT2D eigenvalue weighted by Gasteiger charge is 2.34. The van der Waals surface area contributed by atoms with E-state index in [2.05, 4.69) is 5.32 Å². The highest BCUT2D eigenvalue weighted by atomic mass is 32.2. The van der Waals surface area contributed by atoms with Crippen molar-refractivity contribution in [1.82, 2.24) is 10.2 Å². The van der Waals surface area contributed by atoms with Gasteiger partial charge in [0.05, 0.1) is 10.6 Å². The summed E-state index contributed by atoms with van der Waals surface area (Å²) in [5, 5.41) is 2.97. The Labute approximate surface area is 261 Å². The van der Waals surface area contributed by atoms with E-state index in [0.29, 0.717) is 12.2 Å². The summed E-state index contributed by atoms with van der Waals surface area (Å²) in [6, 6.07) is 31.8. The van der Waals surface area contributed by atoms with Crippen molar-refractivity contribution in [1.29, 1.82) is 0 Å². The number of rotatable bonds is 14. The predicted molar refractivity (Wildman–Crippen MR) is 176 cm³/mol. The van der Waals surface area contributed by atoms with Crippen LogP contribution in [0.3, 0.4) is 0 Å². The van der Waals surface area contributed by atoms with Gasteiger partial charge in [-0.2, -0.15) is 0 Å². The molecule has 0 aliphatic carbocycles. The lowest BCUT2D eigenvalue weighted by Crippen LogP contribution is -2.53. The third-order valence-electron chi connectivity index (χ3n) is 7.54. The van der Waals surface area contributed by atoms with Crippen molar-refractivity contribution < 1.29 is 18.0 Å². The first-order chi connectivity index (χ1) is 21.2. The minimum Gasteiger partial charge on any atom is -0.354 e. The van der Waals surface area contributed by atoms with Crippen LogP contribution in [0.5, 0.6) is 0 Å². The molecule has 1 atom stereocenters. The zero-order chi connectivity index (χ0) is 31.5. The molecule has 4 rings (SSSR count). The second-order valence-corrected chi connectivity index (χ2v) is 12.7. The van der Waals surface area contributed by atoms with E-state index < -0.39 is 28.5 Å². The van der Waals surface area contributed by atoms with Crippen LogP contribution in [0, 0.1) is 6.92 Å². The number of aryl methyl sites for hydroxylation is 2. The number of carbonyl (C=O) groups is 2. The third-order valence-corrected chi connectivity index (χ3v) is 9.32. The van der Waals surface area contributed by atoms with Gasteiger partial charge in [-0.1, -0.05) is 104 Å². The first kappa shape index (κ1) is 32.5. The Morgan fingerprint density at radius 1 is 0.750 bits per heavy atom. The van der Waals surface area contributed by atoms with Crippen LogP contribution in [0.15, 0.2) is 114 Å². The first-order valence-electron chi connectivity index (χ1n) is 15.1. The average molecular weight is 612 g/mol. The van der Waals surface area contributed by atoms with Crippen molar-refractivity contribution >= 4 is 27.5 Å². The zero-order valence-electron chi connectivity index (χ0n) is 25.6. The molecule has 0 spiro atoms. The highest BCUT2D eigenvalue weighted by molar-refractivity contribution is 7.92. The molecule has 44 heavy (non-hydrogen) atoms. The molecule has 0 radical (unpaired) electrons. The van der Waals surface area contributed by atoms with Crippen LogP contribution < -0.4 is 9.62 Å². The van der Waals surface area contributed by atoms with Crippen LogP contribution in [0.1, 0.15) is 42.5 Å². The second kappa shape index (κ2) is 15.3. The fraction of sp³-hybridized carbons (Fsp3) is 0.278. The van der Waals surface area contributed by atoms with Gasteiger partial charge < -0.3 is 10.2 Å². The van der Waals surface area contributed by atoms with E-state index in [1.807, 2.05) is 87.5 Å². The normalized spacial score (nSPS) is 11.9. The Hall–Kier alpha value is -4.43. The number of sulfonamides is 1. The number of carbonyl (C=O) groups excluding carboxylic acids is 2. The Morgan fingerprint density at radius 2 is 1.34 bits per heavy atom. The van der Waals surface area contributed by atoms with Crippen molar-refractivity contribution in [2.45, 2.75) is 57.5 Å². The lowest BCUT2D eigenvalue weighted by atomic mass is 10.0. The van der Waals surface area contributed by atoms with Crippen LogP contribution in [-0.2, 0) is 39.0 Å². The lowest BCUT2D eigenvalue weighted by Gasteiger charge is -2.34. The van der Waals surface area contributed by atoms with Crippen LogP contribution >= 0.6 is 0 Å². The zero-order valence-corrected chi connectivity index (χ0v) is 26.5. The van der Waals surface area contributed by atoms with Gasteiger partial charge in [-0.15, -0.1) is 0 Å². The second-order valence-electron chi connectivity index (χ2n) is 10.8. The van der Waals surface area contributed by atoms with E-state index in [1.54, 1.807) is 30.3 Å². The number of anilines is 1. The molecule has 0 aromatic heterocycles. The number of hydrogen-bond donors (Lipinski definition) is 1. The van der Waals surface area contributed by atoms with Crippen LogP contribution in [-0.4, -0.2) is 44.3 Å². The van der Waals surface area contributed by atoms with Gasteiger partial charge in [0, 0.05) is 19.5 Å². The monoisotopic (exact) mass is 611 g/mol. The SMILES string of the molecule is CCCNC(=O)[C@H](Cc1ccccc1)N(Cc1ccc(C)cc1)C(=O)CN(c1ccc(CC)cc1)S(=O)(=O)c1ccccc1. The average Bonchev–Trinajstić information content (AvgIpc) is 3.05. The van der Waals surface area contributed by atoms with Crippen molar-refractivity contribution in [2.75, 3.05) is 17.4 Å². The fourth-order valence-corrected chi connectivity index (χ4v) is 6.39. The van der Waals surface area contributed by atoms with E-state index in [-0.39, 0.29) is 23.8 Å². The van der Waals surface area contributed by atoms with Crippen LogP contribution in [0.25, 0.3) is 0 Å². The van der Waals surface area contributed by atoms with Crippen molar-refractivity contribution in [3.63, 3.8) is 0 Å². The van der Waals surface area contributed by atoms with E-state index in [1.165, 1.54) is 17.0 Å². The standard InChI is InChI=1S/C36H41N3O4S/c1-4-24-37-36(41)34(25-30-12-8-6-9-13-30)38(26-31-18-16-28(3)17-19-31)35(40)27-39(32-22-20-29(5-2)21-23-32)44(42,43)33-14-10-7-11-15-33/h6-23,34H,4-5,24-27H2,1-3H3,(H,37,41)/t34-/m0/s1. The van der Waals surface area contributed by atoms with E-state index >= 15 is 0 Å². The van der Waals surface area contributed by atoms with Gasteiger partial charge in [0.2, 0.25) is 11.8 Å². The van der Waals surface area contributed by atoms with Crippen molar-refractivity contribution in [3.8, 4) is 0 Å². The summed E-state index contributed by atoms with van der Waals surface area (Å²) >= 11 is 0. The van der Waals surface area contributed by atoms with Crippen molar-refractivity contribution in [2.24, 2.45) is 0 Å². The molecular formula is C36H41N3O4S. The van der Waals surface area contributed by atoms with Gasteiger partial charge in [0.25, 0.3) is 10.0 Å². The maximum atomic E-state index is 14.4. The summed E-state index contributed by atoms with van der Waals surface area (Å²) < 4.78 is 29.3. The molecule has 7 nitrogen and oxygen atoms in total. The lowest BCUT2D eigenvalue weighted by molar-refractivity contribution is -0.140. The van der Waals surface area contributed by atoms with Gasteiger partial charge in [-0.25, -0.2) is 8.42 Å². The van der Waals surface area contributed by atoms with Gasteiger partial charge >= 0.3 is 0 Å². The summed E-state index contributed by atoms with van der Waals surface area (Å²) in [6.45, 7) is 6.12. The minimum absolute atomic E-state index is 0.0824. The summed E-state index contributed by atoms with van der Waals surface area (Å²) in [5.41, 5.74) is 4.24. The quantitative estimate of drug-likeness (QED) is 0.192. The molecule has 0 aliphatic heterocycles. The van der Waals surface area contributed by atoms with E-state index in [9.17, 15) is 18.0 Å². The molecular weight excluding hydrogens is 570 g/mol.